The third-order valence-electron chi connectivity index (χ3n) is 5.20. The van der Waals surface area contributed by atoms with Gasteiger partial charge < -0.3 is 4.57 Å². The second kappa shape index (κ2) is 6.40. The van der Waals surface area contributed by atoms with Gasteiger partial charge in [0.1, 0.15) is 0 Å². The summed E-state index contributed by atoms with van der Waals surface area (Å²) in [5, 5.41) is 2.61. The molecule has 5 aromatic rings. The second-order valence-electron chi connectivity index (χ2n) is 6.77. The van der Waals surface area contributed by atoms with E-state index in [1.165, 1.54) is 21.8 Å². The smallest absolute Gasteiger partial charge is 0.0710 e. The van der Waals surface area contributed by atoms with Crippen LogP contribution in [0.5, 0.6) is 0 Å². The molecule has 2 aromatic heterocycles. The minimum Gasteiger partial charge on any atom is -0.341 e. The molecule has 5 rings (SSSR count). The minimum atomic E-state index is 0.949. The van der Waals surface area contributed by atoms with E-state index in [0.29, 0.717) is 0 Å². The molecule has 0 saturated heterocycles. The van der Waals surface area contributed by atoms with Crippen molar-refractivity contribution in [3.05, 3.63) is 91.0 Å². The Morgan fingerprint density at radius 2 is 1.33 bits per heavy atom. The Kier molecular flexibility index (Phi) is 3.75. The molecular weight excluding hydrogens is 328 g/mol. The van der Waals surface area contributed by atoms with Crippen LogP contribution in [0.4, 0.5) is 0 Å². The van der Waals surface area contributed by atoms with E-state index in [0.717, 1.165) is 29.1 Å². The van der Waals surface area contributed by atoms with E-state index in [-0.39, 0.29) is 0 Å². The van der Waals surface area contributed by atoms with Gasteiger partial charge in [0, 0.05) is 39.5 Å². The fourth-order valence-corrected chi connectivity index (χ4v) is 3.91. The van der Waals surface area contributed by atoms with Gasteiger partial charge in [-0.25, -0.2) is 4.98 Å². The lowest BCUT2D eigenvalue weighted by atomic mass is 10.1. The second-order valence-corrected chi connectivity index (χ2v) is 6.77. The first-order valence-corrected chi connectivity index (χ1v) is 9.39. The van der Waals surface area contributed by atoms with Crippen LogP contribution < -0.4 is 0 Å². The van der Waals surface area contributed by atoms with Crippen molar-refractivity contribution in [3.63, 3.8) is 0 Å². The number of aryl methyl sites for hydroxylation is 1. The molecule has 2 heterocycles. The van der Waals surface area contributed by atoms with Crippen LogP contribution >= 0.6 is 0 Å². The summed E-state index contributed by atoms with van der Waals surface area (Å²) in [4.78, 5) is 4.92. The maximum atomic E-state index is 4.92. The molecule has 130 valence electrons. The molecule has 0 aliphatic rings. The lowest BCUT2D eigenvalue weighted by Gasteiger charge is -2.07. The standard InChI is InChI=1S/C25H20N2/c1-2-27-24-14-7-6-11-20(24)21-16-15-19(17-25(21)27)23-13-8-12-22(26-23)18-9-4-3-5-10-18/h3-17H,2H2,1H3. The van der Waals surface area contributed by atoms with Gasteiger partial charge in [-0.15, -0.1) is 0 Å². The first kappa shape index (κ1) is 15.8. The number of fused-ring (bicyclic) bond motifs is 3. The highest BCUT2D eigenvalue weighted by Crippen LogP contribution is 2.32. The van der Waals surface area contributed by atoms with Crippen LogP contribution in [0.3, 0.4) is 0 Å². The Hall–Kier alpha value is -3.39. The van der Waals surface area contributed by atoms with Crippen molar-refractivity contribution in [1.29, 1.82) is 0 Å². The van der Waals surface area contributed by atoms with Crippen molar-refractivity contribution in [2.45, 2.75) is 13.5 Å². The molecule has 0 radical (unpaired) electrons. The average molecular weight is 348 g/mol. The van der Waals surface area contributed by atoms with Gasteiger partial charge >= 0.3 is 0 Å². The van der Waals surface area contributed by atoms with E-state index in [2.05, 4.69) is 96.4 Å². The molecule has 0 N–H and O–H groups in total. The normalized spacial score (nSPS) is 11.3. The molecule has 0 atom stereocenters. The van der Waals surface area contributed by atoms with Crippen molar-refractivity contribution in [3.8, 4) is 22.5 Å². The molecule has 0 bridgehead atoms. The van der Waals surface area contributed by atoms with Crippen LogP contribution in [-0.2, 0) is 6.54 Å². The molecule has 2 heteroatoms. The van der Waals surface area contributed by atoms with E-state index in [9.17, 15) is 0 Å². The quantitative estimate of drug-likeness (QED) is 0.362. The van der Waals surface area contributed by atoms with Gasteiger partial charge in [0.2, 0.25) is 0 Å². The first-order valence-electron chi connectivity index (χ1n) is 9.39. The van der Waals surface area contributed by atoms with Gasteiger partial charge in [0.15, 0.2) is 0 Å². The molecular formula is C25H20N2. The highest BCUT2D eigenvalue weighted by Gasteiger charge is 2.11. The molecule has 0 amide bonds. The number of hydrogen-bond donors (Lipinski definition) is 0. The van der Waals surface area contributed by atoms with Crippen molar-refractivity contribution >= 4 is 21.8 Å². The zero-order valence-corrected chi connectivity index (χ0v) is 15.3. The lowest BCUT2D eigenvalue weighted by molar-refractivity contribution is 0.827. The minimum absolute atomic E-state index is 0.949. The highest BCUT2D eigenvalue weighted by molar-refractivity contribution is 6.09. The van der Waals surface area contributed by atoms with Crippen LogP contribution in [0, 0.1) is 0 Å². The topological polar surface area (TPSA) is 17.8 Å². The van der Waals surface area contributed by atoms with Gasteiger partial charge in [-0.1, -0.05) is 66.7 Å². The molecule has 0 unspecified atom stereocenters. The summed E-state index contributed by atoms with van der Waals surface area (Å²) in [5.41, 5.74) is 6.86. The largest absolute Gasteiger partial charge is 0.341 e. The molecule has 2 nitrogen and oxygen atoms in total. The number of pyridine rings is 1. The maximum Gasteiger partial charge on any atom is 0.0710 e. The number of para-hydroxylation sites is 1. The Morgan fingerprint density at radius 1 is 0.630 bits per heavy atom. The van der Waals surface area contributed by atoms with Crippen molar-refractivity contribution < 1.29 is 0 Å². The molecule has 0 aliphatic heterocycles. The number of hydrogen-bond acceptors (Lipinski definition) is 1. The summed E-state index contributed by atoms with van der Waals surface area (Å²) in [6.45, 7) is 3.15. The predicted molar refractivity (Wildman–Crippen MR) is 114 cm³/mol. The van der Waals surface area contributed by atoms with Gasteiger partial charge in [0.05, 0.1) is 11.4 Å². The zero-order chi connectivity index (χ0) is 18.2. The molecule has 0 aliphatic carbocycles. The van der Waals surface area contributed by atoms with Crippen LogP contribution in [0.25, 0.3) is 44.3 Å². The molecule has 0 saturated carbocycles. The summed E-state index contributed by atoms with van der Waals surface area (Å²) in [6.07, 6.45) is 0. The Morgan fingerprint density at radius 3 is 2.15 bits per heavy atom. The zero-order valence-electron chi connectivity index (χ0n) is 15.3. The van der Waals surface area contributed by atoms with Gasteiger partial charge in [-0.2, -0.15) is 0 Å². The number of benzene rings is 3. The van der Waals surface area contributed by atoms with Crippen molar-refractivity contribution in [2.24, 2.45) is 0 Å². The summed E-state index contributed by atoms with van der Waals surface area (Å²) in [5.74, 6) is 0. The van der Waals surface area contributed by atoms with Gasteiger partial charge in [-0.05, 0) is 31.2 Å². The van der Waals surface area contributed by atoms with E-state index >= 15 is 0 Å². The van der Waals surface area contributed by atoms with E-state index in [1.54, 1.807) is 0 Å². The number of rotatable bonds is 3. The number of aromatic nitrogens is 2. The van der Waals surface area contributed by atoms with Crippen molar-refractivity contribution in [2.75, 3.05) is 0 Å². The Balaban J connectivity index is 1.69. The van der Waals surface area contributed by atoms with E-state index < -0.39 is 0 Å². The summed E-state index contributed by atoms with van der Waals surface area (Å²) < 4.78 is 2.38. The Bertz CT molecular complexity index is 1250. The lowest BCUT2D eigenvalue weighted by Crippen LogP contribution is -1.93. The SMILES string of the molecule is CCn1c2ccccc2c2ccc(-c3cccc(-c4ccccc4)n3)cc21. The molecule has 3 aromatic carbocycles. The molecule has 0 fully saturated rings. The fourth-order valence-electron chi connectivity index (χ4n) is 3.91. The molecule has 0 spiro atoms. The fraction of sp³-hybridized carbons (Fsp3) is 0.0800. The number of nitrogens with zero attached hydrogens (tertiary/aromatic N) is 2. The molecule has 27 heavy (non-hydrogen) atoms. The third-order valence-corrected chi connectivity index (χ3v) is 5.20. The van der Waals surface area contributed by atoms with Gasteiger partial charge in [0.25, 0.3) is 0 Å². The van der Waals surface area contributed by atoms with Crippen molar-refractivity contribution in [1.82, 2.24) is 9.55 Å². The first-order chi connectivity index (χ1) is 13.3. The van der Waals surface area contributed by atoms with Gasteiger partial charge in [-0.3, -0.25) is 0 Å². The van der Waals surface area contributed by atoms with Crippen LogP contribution in [0.1, 0.15) is 6.92 Å². The third kappa shape index (κ3) is 2.61. The van der Waals surface area contributed by atoms with Crippen LogP contribution in [0.2, 0.25) is 0 Å². The highest BCUT2D eigenvalue weighted by atomic mass is 15.0. The van der Waals surface area contributed by atoms with E-state index in [4.69, 9.17) is 4.98 Å². The summed E-state index contributed by atoms with van der Waals surface area (Å²) in [7, 11) is 0. The summed E-state index contributed by atoms with van der Waals surface area (Å²) in [6, 6.07) is 31.9. The average Bonchev–Trinajstić information content (AvgIpc) is 3.07. The summed E-state index contributed by atoms with van der Waals surface area (Å²) >= 11 is 0. The van der Waals surface area contributed by atoms with Crippen LogP contribution in [0.15, 0.2) is 91.0 Å². The Labute approximate surface area is 158 Å². The van der Waals surface area contributed by atoms with Crippen LogP contribution in [-0.4, -0.2) is 9.55 Å². The maximum absolute atomic E-state index is 4.92. The van der Waals surface area contributed by atoms with E-state index in [1.807, 2.05) is 6.07 Å². The monoisotopic (exact) mass is 348 g/mol. The predicted octanol–water partition coefficient (Wildman–Crippen LogP) is 6.54.